The number of carboxylic acids is 1. The van der Waals surface area contributed by atoms with Crippen LogP contribution >= 0.6 is 0 Å². The second kappa shape index (κ2) is 7.43. The van der Waals surface area contributed by atoms with Crippen molar-refractivity contribution in [1.29, 1.82) is 0 Å². The number of para-hydroxylation sites is 1. The molecule has 0 saturated heterocycles. The van der Waals surface area contributed by atoms with Crippen LogP contribution in [0.2, 0.25) is 0 Å². The van der Waals surface area contributed by atoms with Crippen molar-refractivity contribution in [2.75, 3.05) is 0 Å². The molecule has 0 saturated carbocycles. The summed E-state index contributed by atoms with van der Waals surface area (Å²) in [5.41, 5.74) is 1.26. The molecule has 2 N–H and O–H groups in total. The number of carbonyl (C=O) groups is 1. The van der Waals surface area contributed by atoms with Crippen molar-refractivity contribution >= 4 is 5.97 Å². The molecular formula is C15H10F3N3O4. The molecule has 0 fully saturated rings. The third-order valence-electron chi connectivity index (χ3n) is 2.71. The molecule has 0 atom stereocenters. The highest BCUT2D eigenvalue weighted by molar-refractivity contribution is 5.73. The lowest BCUT2D eigenvalue weighted by atomic mass is 10.2. The zero-order chi connectivity index (χ0) is 18.4. The number of aromatic hydroxyl groups is 1. The van der Waals surface area contributed by atoms with E-state index in [4.69, 9.17) is 14.3 Å². The Hall–Kier alpha value is -3.43. The van der Waals surface area contributed by atoms with Gasteiger partial charge in [-0.25, -0.2) is 4.79 Å². The van der Waals surface area contributed by atoms with Gasteiger partial charge in [0.1, 0.15) is 5.75 Å². The predicted molar refractivity (Wildman–Crippen MR) is 78.3 cm³/mol. The van der Waals surface area contributed by atoms with Crippen LogP contribution in [0, 0.1) is 0 Å². The Morgan fingerprint density at radius 2 is 1.68 bits per heavy atom. The fraction of sp³-hybridized carbons (Fsp3) is 0.0667. The van der Waals surface area contributed by atoms with Crippen molar-refractivity contribution < 1.29 is 32.6 Å². The van der Waals surface area contributed by atoms with Crippen LogP contribution in [0.3, 0.4) is 0 Å². The number of nitrogens with zero attached hydrogens (tertiary/aromatic N) is 3. The summed E-state index contributed by atoms with van der Waals surface area (Å²) in [6.45, 7) is 0. The summed E-state index contributed by atoms with van der Waals surface area (Å²) in [4.78, 5) is 12.9. The molecule has 10 heteroatoms. The molecule has 3 rings (SSSR count). The van der Waals surface area contributed by atoms with Gasteiger partial charge in [0.15, 0.2) is 0 Å². The summed E-state index contributed by atoms with van der Waals surface area (Å²) in [7, 11) is 0. The minimum absolute atomic E-state index is 0.110. The first-order valence-electron chi connectivity index (χ1n) is 6.61. The van der Waals surface area contributed by atoms with Crippen molar-refractivity contribution in [1.82, 2.24) is 15.2 Å². The molecule has 0 aliphatic carbocycles. The first-order valence-corrected chi connectivity index (χ1v) is 6.61. The zero-order valence-electron chi connectivity index (χ0n) is 12.3. The first kappa shape index (κ1) is 17.9. The predicted octanol–water partition coefficient (Wildman–Crippen LogP) is 3.14. The number of hydrogen-bond acceptors (Lipinski definition) is 6. The molecule has 0 radical (unpaired) electrons. The second-order valence-electron chi connectivity index (χ2n) is 4.47. The Balaban J connectivity index is 0.000000277. The molecule has 0 amide bonds. The van der Waals surface area contributed by atoms with Crippen LogP contribution in [0.25, 0.3) is 22.9 Å². The number of halogens is 3. The molecule has 0 spiro atoms. The maximum atomic E-state index is 10.6. The molecule has 130 valence electrons. The quantitative estimate of drug-likeness (QED) is 0.728. The third kappa shape index (κ3) is 4.77. The van der Waals surface area contributed by atoms with Crippen LogP contribution in [0.1, 0.15) is 0 Å². The number of aromatic nitrogens is 3. The zero-order valence-corrected chi connectivity index (χ0v) is 12.3. The molecule has 0 unspecified atom stereocenters. The van der Waals surface area contributed by atoms with Crippen molar-refractivity contribution in [3.05, 3.63) is 48.8 Å². The van der Waals surface area contributed by atoms with E-state index >= 15 is 0 Å². The lowest BCUT2D eigenvalue weighted by Crippen LogP contribution is -2.21. The molecule has 7 nitrogen and oxygen atoms in total. The largest absolute Gasteiger partial charge is 0.507 e. The number of hydrogen-bond donors (Lipinski definition) is 2. The fourth-order valence-corrected chi connectivity index (χ4v) is 1.59. The summed E-state index contributed by atoms with van der Waals surface area (Å²) >= 11 is 0. The summed E-state index contributed by atoms with van der Waals surface area (Å²) in [5.74, 6) is -1.99. The van der Waals surface area contributed by atoms with Crippen molar-refractivity contribution in [3.63, 3.8) is 0 Å². The van der Waals surface area contributed by atoms with Gasteiger partial charge in [-0.1, -0.05) is 12.1 Å². The number of rotatable bonds is 2. The number of pyridine rings is 1. The third-order valence-corrected chi connectivity index (χ3v) is 2.71. The van der Waals surface area contributed by atoms with Gasteiger partial charge in [-0.05, 0) is 24.3 Å². The molecule has 0 aliphatic rings. The van der Waals surface area contributed by atoms with Crippen LogP contribution in [-0.2, 0) is 4.79 Å². The van der Waals surface area contributed by atoms with E-state index in [0.717, 1.165) is 5.56 Å². The van der Waals surface area contributed by atoms with Gasteiger partial charge in [-0.2, -0.15) is 13.2 Å². The van der Waals surface area contributed by atoms with Crippen LogP contribution in [0.5, 0.6) is 5.75 Å². The molecule has 2 heterocycles. The molecule has 25 heavy (non-hydrogen) atoms. The number of carboxylic acid groups (broad SMARTS) is 1. The van der Waals surface area contributed by atoms with Gasteiger partial charge in [0.05, 0.1) is 11.1 Å². The summed E-state index contributed by atoms with van der Waals surface area (Å²) in [6.07, 6.45) is -1.77. The standard InChI is InChI=1S/C13H9N3O2.C2HF3O2/c17-11-6-2-1-5-10(11)13-16-15-12(18-13)9-4-3-7-14-8-9;3-2(4,5)1(6)7/h1-8,17H;(H,6,7). The fourth-order valence-electron chi connectivity index (χ4n) is 1.59. The van der Waals surface area contributed by atoms with E-state index in [9.17, 15) is 18.3 Å². The average molecular weight is 353 g/mol. The van der Waals surface area contributed by atoms with Gasteiger partial charge in [-0.3, -0.25) is 4.98 Å². The molecule has 1 aromatic carbocycles. The number of benzene rings is 1. The van der Waals surface area contributed by atoms with E-state index in [-0.39, 0.29) is 11.6 Å². The second-order valence-corrected chi connectivity index (χ2v) is 4.47. The highest BCUT2D eigenvalue weighted by atomic mass is 19.4. The maximum Gasteiger partial charge on any atom is 0.490 e. The van der Waals surface area contributed by atoms with Gasteiger partial charge in [0, 0.05) is 12.4 Å². The minimum Gasteiger partial charge on any atom is -0.507 e. The van der Waals surface area contributed by atoms with E-state index in [1.165, 1.54) is 0 Å². The average Bonchev–Trinajstić information content (AvgIpc) is 3.05. The van der Waals surface area contributed by atoms with Gasteiger partial charge in [0.2, 0.25) is 5.89 Å². The molecule has 0 bridgehead atoms. The van der Waals surface area contributed by atoms with E-state index in [0.29, 0.717) is 11.5 Å². The SMILES string of the molecule is O=C(O)C(F)(F)F.Oc1ccccc1-c1nnc(-c2cccnc2)o1. The van der Waals surface area contributed by atoms with Gasteiger partial charge in [-0.15, -0.1) is 10.2 Å². The molecule has 2 aromatic heterocycles. The minimum atomic E-state index is -5.08. The van der Waals surface area contributed by atoms with Gasteiger partial charge >= 0.3 is 12.1 Å². The van der Waals surface area contributed by atoms with E-state index < -0.39 is 12.1 Å². The molecule has 0 aliphatic heterocycles. The van der Waals surface area contributed by atoms with Crippen LogP contribution in [-0.4, -0.2) is 37.5 Å². The number of phenolic OH excluding ortho intramolecular Hbond substituents is 1. The Bertz CT molecular complexity index is 850. The number of phenols is 1. The van der Waals surface area contributed by atoms with Crippen LogP contribution in [0.4, 0.5) is 13.2 Å². The Labute approximate surface area is 138 Å². The summed E-state index contributed by atoms with van der Waals surface area (Å²) < 4.78 is 37.3. The normalized spacial score (nSPS) is 10.7. The molecule has 3 aromatic rings. The van der Waals surface area contributed by atoms with Crippen LogP contribution < -0.4 is 0 Å². The van der Waals surface area contributed by atoms with E-state index in [1.807, 2.05) is 6.07 Å². The lowest BCUT2D eigenvalue weighted by molar-refractivity contribution is -0.192. The van der Waals surface area contributed by atoms with Crippen LogP contribution in [0.15, 0.2) is 53.2 Å². The highest BCUT2D eigenvalue weighted by Gasteiger charge is 2.38. The smallest absolute Gasteiger partial charge is 0.490 e. The summed E-state index contributed by atoms with van der Waals surface area (Å²) in [6, 6.07) is 10.4. The summed E-state index contributed by atoms with van der Waals surface area (Å²) in [5, 5.41) is 24.7. The topological polar surface area (TPSA) is 109 Å². The number of alkyl halides is 3. The molecular weight excluding hydrogens is 343 g/mol. The first-order chi connectivity index (χ1) is 11.8. The Morgan fingerprint density at radius 3 is 2.24 bits per heavy atom. The van der Waals surface area contributed by atoms with E-state index in [2.05, 4.69) is 15.2 Å². The van der Waals surface area contributed by atoms with Crippen molar-refractivity contribution in [2.24, 2.45) is 0 Å². The highest BCUT2D eigenvalue weighted by Crippen LogP contribution is 2.29. The lowest BCUT2D eigenvalue weighted by Gasteiger charge is -1.97. The number of aliphatic carboxylic acids is 1. The van der Waals surface area contributed by atoms with Crippen molar-refractivity contribution in [2.45, 2.75) is 6.18 Å². The van der Waals surface area contributed by atoms with E-state index in [1.54, 1.807) is 42.7 Å². The Kier molecular flexibility index (Phi) is 5.32. The van der Waals surface area contributed by atoms with Crippen molar-refractivity contribution in [3.8, 4) is 28.7 Å². The Morgan fingerprint density at radius 1 is 1.04 bits per heavy atom. The monoisotopic (exact) mass is 353 g/mol. The van der Waals surface area contributed by atoms with Gasteiger partial charge in [0.25, 0.3) is 5.89 Å². The van der Waals surface area contributed by atoms with Gasteiger partial charge < -0.3 is 14.6 Å². The maximum absolute atomic E-state index is 10.6.